The molecule has 0 radical (unpaired) electrons. The fourth-order valence-corrected chi connectivity index (χ4v) is 2.45. The molecule has 1 amide bonds. The summed E-state index contributed by atoms with van der Waals surface area (Å²) in [5, 5.41) is 8.72. The van der Waals surface area contributed by atoms with Crippen molar-refractivity contribution in [2.24, 2.45) is 5.92 Å². The smallest absolute Gasteiger partial charge is 0.237 e. The predicted octanol–water partition coefficient (Wildman–Crippen LogP) is 2.42. The van der Waals surface area contributed by atoms with Gasteiger partial charge in [0, 0.05) is 13.0 Å². The molecule has 1 fully saturated rings. The number of rotatable bonds is 3. The molecule has 104 valence electrons. The molecule has 2 rings (SSSR count). The van der Waals surface area contributed by atoms with Gasteiger partial charge in [-0.05, 0) is 31.0 Å². The van der Waals surface area contributed by atoms with Crippen LogP contribution in [0.25, 0.3) is 0 Å². The van der Waals surface area contributed by atoms with E-state index in [1.54, 1.807) is 6.92 Å². The number of nitriles is 1. The first-order valence-electron chi connectivity index (χ1n) is 6.62. The van der Waals surface area contributed by atoms with E-state index < -0.39 is 11.7 Å². The molecule has 0 aliphatic carbocycles. The van der Waals surface area contributed by atoms with Gasteiger partial charge in [-0.2, -0.15) is 5.26 Å². The van der Waals surface area contributed by atoms with Gasteiger partial charge in [-0.1, -0.05) is 6.92 Å². The fourth-order valence-electron chi connectivity index (χ4n) is 2.45. The second-order valence-corrected chi connectivity index (χ2v) is 4.78. The van der Waals surface area contributed by atoms with E-state index in [0.717, 1.165) is 6.07 Å². The van der Waals surface area contributed by atoms with Crippen molar-refractivity contribution in [3.8, 4) is 6.07 Å². The van der Waals surface area contributed by atoms with Gasteiger partial charge in [0.1, 0.15) is 11.6 Å². The number of carbonyl (C=O) groups excluding carboxylic acids is 2. The molecule has 1 heterocycles. The van der Waals surface area contributed by atoms with Crippen LogP contribution in [0.1, 0.15) is 31.7 Å². The van der Waals surface area contributed by atoms with Gasteiger partial charge >= 0.3 is 0 Å². The monoisotopic (exact) mass is 274 g/mol. The molecule has 20 heavy (non-hydrogen) atoms. The number of Topliss-reactive ketones (excluding diaryl/α,β-unsaturated/α-hetero) is 1. The second kappa shape index (κ2) is 5.83. The molecule has 0 unspecified atom stereocenters. The van der Waals surface area contributed by atoms with Crippen molar-refractivity contribution < 1.29 is 14.0 Å². The van der Waals surface area contributed by atoms with E-state index in [0.29, 0.717) is 25.8 Å². The minimum Gasteiger partial charge on any atom is -0.309 e. The van der Waals surface area contributed by atoms with Crippen LogP contribution < -0.4 is 4.90 Å². The van der Waals surface area contributed by atoms with Gasteiger partial charge in [0.25, 0.3) is 0 Å². The number of nitrogens with zero attached hydrogens (tertiary/aromatic N) is 2. The van der Waals surface area contributed by atoms with Crippen LogP contribution in [0.3, 0.4) is 0 Å². The average molecular weight is 274 g/mol. The number of piperidine rings is 1. The predicted molar refractivity (Wildman–Crippen MR) is 71.5 cm³/mol. The van der Waals surface area contributed by atoms with Crippen LogP contribution in [0.15, 0.2) is 18.2 Å². The van der Waals surface area contributed by atoms with Crippen molar-refractivity contribution in [1.82, 2.24) is 0 Å². The molecule has 0 saturated carbocycles. The Labute approximate surface area is 116 Å². The summed E-state index contributed by atoms with van der Waals surface area (Å²) in [4.78, 5) is 25.4. The molecule has 0 bridgehead atoms. The zero-order valence-corrected chi connectivity index (χ0v) is 11.2. The van der Waals surface area contributed by atoms with Crippen molar-refractivity contribution in [1.29, 1.82) is 5.26 Å². The van der Waals surface area contributed by atoms with Gasteiger partial charge in [0.15, 0.2) is 0 Å². The molecule has 0 aromatic heterocycles. The molecule has 1 aliphatic rings. The lowest BCUT2D eigenvalue weighted by Gasteiger charge is -2.31. The lowest BCUT2D eigenvalue weighted by atomic mass is 9.91. The van der Waals surface area contributed by atoms with Crippen molar-refractivity contribution in [2.75, 3.05) is 11.4 Å². The molecule has 1 atom stereocenters. The van der Waals surface area contributed by atoms with E-state index in [1.165, 1.54) is 17.0 Å². The maximum absolute atomic E-state index is 14.0. The molecule has 5 heteroatoms. The number of benzene rings is 1. The van der Waals surface area contributed by atoms with Crippen LogP contribution in [0, 0.1) is 23.1 Å². The van der Waals surface area contributed by atoms with Crippen LogP contribution in [-0.4, -0.2) is 18.2 Å². The minimum absolute atomic E-state index is 0.103. The first kappa shape index (κ1) is 14.2. The van der Waals surface area contributed by atoms with E-state index >= 15 is 0 Å². The lowest BCUT2D eigenvalue weighted by Crippen LogP contribution is -2.44. The first-order chi connectivity index (χ1) is 9.58. The lowest BCUT2D eigenvalue weighted by molar-refractivity contribution is -0.133. The Hall–Kier alpha value is -2.22. The first-order valence-corrected chi connectivity index (χ1v) is 6.62. The Balaban J connectivity index is 2.31. The number of ketones is 1. The highest BCUT2D eigenvalue weighted by atomic mass is 19.1. The number of hydrogen-bond acceptors (Lipinski definition) is 3. The SMILES string of the molecule is CCC(=O)[C@H]1CCCN(c2ccc(C#N)cc2F)C1=O. The zero-order valence-electron chi connectivity index (χ0n) is 11.2. The van der Waals surface area contributed by atoms with Gasteiger partial charge in [-0.25, -0.2) is 4.39 Å². The van der Waals surface area contributed by atoms with Crippen molar-refractivity contribution in [3.05, 3.63) is 29.6 Å². The van der Waals surface area contributed by atoms with E-state index in [-0.39, 0.29) is 22.9 Å². The van der Waals surface area contributed by atoms with Crippen molar-refractivity contribution >= 4 is 17.4 Å². The van der Waals surface area contributed by atoms with E-state index in [9.17, 15) is 14.0 Å². The topological polar surface area (TPSA) is 61.2 Å². The summed E-state index contributed by atoms with van der Waals surface area (Å²) in [7, 11) is 0. The molecule has 4 nitrogen and oxygen atoms in total. The number of carbonyl (C=O) groups is 2. The summed E-state index contributed by atoms with van der Waals surface area (Å²) in [6, 6.07) is 5.84. The van der Waals surface area contributed by atoms with Gasteiger partial charge in [0.05, 0.1) is 23.2 Å². The normalized spacial score (nSPS) is 18.8. The highest BCUT2D eigenvalue weighted by molar-refractivity contribution is 6.09. The fraction of sp³-hybridized carbons (Fsp3) is 0.400. The molecular weight excluding hydrogens is 259 g/mol. The van der Waals surface area contributed by atoms with Gasteiger partial charge < -0.3 is 4.90 Å². The summed E-state index contributed by atoms with van der Waals surface area (Å²) < 4.78 is 14.0. The van der Waals surface area contributed by atoms with Crippen LogP contribution in [0.2, 0.25) is 0 Å². The number of anilines is 1. The summed E-state index contributed by atoms with van der Waals surface area (Å²) in [5.74, 6) is -1.72. The van der Waals surface area contributed by atoms with E-state index in [1.807, 2.05) is 6.07 Å². The van der Waals surface area contributed by atoms with Gasteiger partial charge in [-0.3, -0.25) is 9.59 Å². The summed E-state index contributed by atoms with van der Waals surface area (Å²) in [6.45, 7) is 2.12. The summed E-state index contributed by atoms with van der Waals surface area (Å²) in [5.41, 5.74) is 0.347. The minimum atomic E-state index is -0.663. The van der Waals surface area contributed by atoms with Gasteiger partial charge in [-0.15, -0.1) is 0 Å². The third-order valence-corrected chi connectivity index (χ3v) is 3.54. The van der Waals surface area contributed by atoms with Crippen molar-refractivity contribution in [3.63, 3.8) is 0 Å². The largest absolute Gasteiger partial charge is 0.309 e. The maximum atomic E-state index is 14.0. The summed E-state index contributed by atoms with van der Waals surface area (Å²) in [6.07, 6.45) is 1.50. The highest BCUT2D eigenvalue weighted by Crippen LogP contribution is 2.28. The van der Waals surface area contributed by atoms with Crippen LogP contribution >= 0.6 is 0 Å². The molecule has 1 aromatic carbocycles. The standard InChI is InChI=1S/C15H15FN2O2/c1-2-14(19)11-4-3-7-18(15(11)20)13-6-5-10(9-17)8-12(13)16/h5-6,8,11H,2-4,7H2,1H3/t11-/m1/s1. The Morgan fingerprint density at radius 3 is 2.90 bits per heavy atom. The molecule has 1 aromatic rings. The number of amides is 1. The Morgan fingerprint density at radius 2 is 2.30 bits per heavy atom. The Kier molecular flexibility index (Phi) is 4.14. The quantitative estimate of drug-likeness (QED) is 0.795. The number of hydrogen-bond donors (Lipinski definition) is 0. The molecule has 1 saturated heterocycles. The van der Waals surface area contributed by atoms with Gasteiger partial charge in [0.2, 0.25) is 5.91 Å². The molecular formula is C15H15FN2O2. The van der Waals surface area contributed by atoms with Crippen LogP contribution in [0.5, 0.6) is 0 Å². The van der Waals surface area contributed by atoms with Crippen LogP contribution in [-0.2, 0) is 9.59 Å². The Bertz CT molecular complexity index is 592. The Morgan fingerprint density at radius 1 is 1.55 bits per heavy atom. The average Bonchev–Trinajstić information content (AvgIpc) is 2.47. The van der Waals surface area contributed by atoms with Crippen molar-refractivity contribution in [2.45, 2.75) is 26.2 Å². The van der Waals surface area contributed by atoms with Crippen LogP contribution in [0.4, 0.5) is 10.1 Å². The molecule has 1 aliphatic heterocycles. The third-order valence-electron chi connectivity index (χ3n) is 3.54. The van der Waals surface area contributed by atoms with E-state index in [2.05, 4.69) is 0 Å². The third kappa shape index (κ3) is 2.55. The van der Waals surface area contributed by atoms with E-state index in [4.69, 9.17) is 5.26 Å². The molecule has 0 spiro atoms. The highest BCUT2D eigenvalue weighted by Gasteiger charge is 2.34. The number of halogens is 1. The maximum Gasteiger partial charge on any atom is 0.237 e. The second-order valence-electron chi connectivity index (χ2n) is 4.78. The zero-order chi connectivity index (χ0) is 14.7. The molecule has 0 N–H and O–H groups in total. The summed E-state index contributed by atoms with van der Waals surface area (Å²) >= 11 is 0.